The summed E-state index contributed by atoms with van der Waals surface area (Å²) < 4.78 is 78.6. The van der Waals surface area contributed by atoms with Gasteiger partial charge in [-0.3, -0.25) is 0 Å². The Balaban J connectivity index is 1.09. The third kappa shape index (κ3) is 15.5. The van der Waals surface area contributed by atoms with Crippen LogP contribution in [0, 0.1) is 0 Å². The summed E-state index contributed by atoms with van der Waals surface area (Å²) in [6.45, 7) is 7.20. The first kappa shape index (κ1) is 60.6. The van der Waals surface area contributed by atoms with Crippen molar-refractivity contribution in [1.82, 2.24) is 0 Å². The Bertz CT molecular complexity index is 3070. The first-order valence-corrected chi connectivity index (χ1v) is 31.0. The summed E-state index contributed by atoms with van der Waals surface area (Å²) in [6.07, 6.45) is -7.78. The summed E-state index contributed by atoms with van der Waals surface area (Å²) in [7, 11) is -3.21. The molecule has 9 atom stereocenters. The fourth-order valence-corrected chi connectivity index (χ4v) is 15.9. The lowest BCUT2D eigenvalue weighted by Gasteiger charge is -2.48. The van der Waals surface area contributed by atoms with E-state index in [1.807, 2.05) is 194 Å². The van der Waals surface area contributed by atoms with Crippen LogP contribution in [0.25, 0.3) is 0 Å². The normalized spacial score (nSPS) is 22.7. The van der Waals surface area contributed by atoms with E-state index in [2.05, 4.69) is 69.3 Å². The minimum Gasteiger partial charge on any atom is -0.405 e. The lowest BCUT2D eigenvalue weighted by atomic mass is 9.97. The van der Waals surface area contributed by atoms with Crippen LogP contribution in [0.15, 0.2) is 243 Å². The van der Waals surface area contributed by atoms with Gasteiger partial charge in [0, 0.05) is 0 Å². The topological polar surface area (TPSA) is 122 Å². The summed E-state index contributed by atoms with van der Waals surface area (Å²) in [5.74, 6) is -1.85. The molecule has 0 unspecified atom stereocenters. The molecule has 12 nitrogen and oxygen atoms in total. The second-order valence-corrected chi connectivity index (χ2v) is 26.7. The van der Waals surface area contributed by atoms with Gasteiger partial charge in [0.2, 0.25) is 5.79 Å². The van der Waals surface area contributed by atoms with E-state index in [1.54, 1.807) is 0 Å². The predicted molar refractivity (Wildman–Crippen MR) is 325 cm³/mol. The average molecular weight is 1150 g/mol. The monoisotopic (exact) mass is 1150 g/mol. The highest BCUT2D eigenvalue weighted by Gasteiger charge is 2.63. The van der Waals surface area contributed by atoms with Gasteiger partial charge in [0.1, 0.15) is 56.1 Å². The molecule has 1 N–H and O–H groups in total. The molecule has 8 aromatic rings. The molecular formula is C71H78O12Si. The minimum absolute atomic E-state index is 0.0600. The summed E-state index contributed by atoms with van der Waals surface area (Å²) in [4.78, 5) is 0. The number of ether oxygens (including phenoxy) is 10. The van der Waals surface area contributed by atoms with Gasteiger partial charge < -0.3 is 56.9 Å². The van der Waals surface area contributed by atoms with Gasteiger partial charge in [-0.25, -0.2) is 0 Å². The first-order valence-electron chi connectivity index (χ1n) is 29.1. The maximum Gasteiger partial charge on any atom is 0.261 e. The molecule has 2 heterocycles. The van der Waals surface area contributed by atoms with Gasteiger partial charge in [0.15, 0.2) is 6.29 Å². The molecule has 13 heteroatoms. The predicted octanol–water partition coefficient (Wildman–Crippen LogP) is 11.5. The van der Waals surface area contributed by atoms with Crippen molar-refractivity contribution in [1.29, 1.82) is 0 Å². The van der Waals surface area contributed by atoms with E-state index < -0.39 is 69.7 Å². The summed E-state index contributed by atoms with van der Waals surface area (Å²) in [5.41, 5.74) is 5.63. The van der Waals surface area contributed by atoms with E-state index in [-0.39, 0.29) is 58.1 Å². The number of hydrogen-bond acceptors (Lipinski definition) is 12. The van der Waals surface area contributed by atoms with Gasteiger partial charge in [-0.05, 0) is 48.8 Å². The summed E-state index contributed by atoms with van der Waals surface area (Å²) in [5, 5.41) is 13.4. The molecule has 8 aromatic carbocycles. The molecule has 0 radical (unpaired) electrons. The molecule has 0 saturated carbocycles. The molecule has 0 amide bonds. The first-order chi connectivity index (χ1) is 41.2. The molecule has 0 aliphatic carbocycles. The van der Waals surface area contributed by atoms with Gasteiger partial charge in [-0.2, -0.15) is 0 Å². The highest BCUT2D eigenvalue weighted by atomic mass is 28.4. The Morgan fingerprint density at radius 2 is 0.786 bits per heavy atom. The summed E-state index contributed by atoms with van der Waals surface area (Å²) in [6, 6.07) is 80.7. The Labute approximate surface area is 496 Å². The van der Waals surface area contributed by atoms with Gasteiger partial charge >= 0.3 is 0 Å². The highest BCUT2D eigenvalue weighted by Crippen LogP contribution is 2.44. The van der Waals surface area contributed by atoms with Crippen LogP contribution in [0.2, 0.25) is 5.04 Å². The largest absolute Gasteiger partial charge is 0.405 e. The third-order valence-corrected chi connectivity index (χ3v) is 20.4. The zero-order valence-electron chi connectivity index (χ0n) is 48.2. The lowest BCUT2D eigenvalue weighted by molar-refractivity contribution is -0.399. The van der Waals surface area contributed by atoms with Gasteiger partial charge in [0.05, 0.1) is 52.9 Å². The fourth-order valence-electron chi connectivity index (χ4n) is 11.3. The number of rotatable bonds is 29. The molecule has 0 aromatic heterocycles. The van der Waals surface area contributed by atoms with Crippen molar-refractivity contribution >= 4 is 18.7 Å². The van der Waals surface area contributed by atoms with Crippen molar-refractivity contribution in [2.45, 2.75) is 120 Å². The molecule has 84 heavy (non-hydrogen) atoms. The standard InChI is InChI=1S/C71H78O12Si/c1-70(2,3)84(60-40-24-10-25-41-60,61-42-26-11-27-43-61)80-51-63-65(76-47-56-32-16-6-17-33-56)68(79-50-59-38-22-9-23-39-59)71(82-63,52-74-53-73-45-54-28-12-4-13-29-54)83-69-67(78-49-58-36-20-8-21-37-58)66(77-48-57-34-18-7-19-35-57)64(62(44-72)81-69)75-46-55-30-14-5-15-31-55/h4-43,62-69,72H,44-53H2,1-3H3/t62-,63-,64-,65-,66+,67-,68+,69-,71+/m1/s1. The minimum atomic E-state index is -3.21. The van der Waals surface area contributed by atoms with Crippen molar-refractivity contribution in [3.8, 4) is 0 Å². The van der Waals surface area contributed by atoms with E-state index in [1.165, 1.54) is 0 Å². The van der Waals surface area contributed by atoms with Crippen molar-refractivity contribution < 1.29 is 56.9 Å². The Morgan fingerprint density at radius 1 is 0.417 bits per heavy atom. The zero-order valence-corrected chi connectivity index (χ0v) is 49.2. The van der Waals surface area contributed by atoms with E-state index in [4.69, 9.17) is 51.8 Å². The molecule has 438 valence electrons. The van der Waals surface area contributed by atoms with Crippen LogP contribution < -0.4 is 10.4 Å². The molecule has 0 bridgehead atoms. The Morgan fingerprint density at radius 3 is 1.20 bits per heavy atom. The number of benzene rings is 8. The molecular weight excluding hydrogens is 1070 g/mol. The molecule has 2 aliphatic rings. The molecule has 2 fully saturated rings. The summed E-state index contributed by atoms with van der Waals surface area (Å²) >= 11 is 0. The number of aliphatic hydroxyl groups is 1. The van der Waals surface area contributed by atoms with Crippen LogP contribution in [-0.4, -0.2) is 94.8 Å². The van der Waals surface area contributed by atoms with Crippen molar-refractivity contribution in [3.05, 3.63) is 276 Å². The van der Waals surface area contributed by atoms with Gasteiger partial charge in [-0.1, -0.05) is 263 Å². The second-order valence-electron chi connectivity index (χ2n) is 22.3. The van der Waals surface area contributed by atoms with E-state index in [9.17, 15) is 5.11 Å². The van der Waals surface area contributed by atoms with Crippen LogP contribution >= 0.6 is 0 Å². The van der Waals surface area contributed by atoms with Crippen molar-refractivity contribution in [3.63, 3.8) is 0 Å². The molecule has 2 saturated heterocycles. The Hall–Kier alpha value is -6.50. The average Bonchev–Trinajstić information content (AvgIpc) is 1.85. The molecule has 2 aliphatic heterocycles. The van der Waals surface area contributed by atoms with Gasteiger partial charge in [-0.15, -0.1) is 0 Å². The molecule has 10 rings (SSSR count). The SMILES string of the molecule is CC(C)(C)[Si](OC[C@H]1O[C@@](COCOCc2ccccc2)(O[C@H]2O[C@H](CO)[C@@H](OCc3ccccc3)[C@H](OCc3ccccc3)[C@H]2OCc2ccccc2)[C@@H](OCc2ccccc2)[C@@H]1OCc1ccccc1)(c1ccccc1)c1ccccc1. The zero-order chi connectivity index (χ0) is 57.9. The number of hydrogen-bond donors (Lipinski definition) is 1. The van der Waals surface area contributed by atoms with E-state index in [0.717, 1.165) is 43.8 Å². The van der Waals surface area contributed by atoms with Crippen LogP contribution in [0.3, 0.4) is 0 Å². The molecule has 0 spiro atoms. The van der Waals surface area contributed by atoms with Crippen LogP contribution in [0.4, 0.5) is 0 Å². The van der Waals surface area contributed by atoms with E-state index in [0.29, 0.717) is 6.61 Å². The Kier molecular flexibility index (Phi) is 21.7. The van der Waals surface area contributed by atoms with Crippen LogP contribution in [0.1, 0.15) is 54.2 Å². The maximum absolute atomic E-state index is 11.5. The van der Waals surface area contributed by atoms with Gasteiger partial charge in [0.25, 0.3) is 8.32 Å². The smallest absolute Gasteiger partial charge is 0.261 e. The quantitative estimate of drug-likeness (QED) is 0.0273. The highest BCUT2D eigenvalue weighted by molar-refractivity contribution is 6.99. The fraction of sp³-hybridized carbons (Fsp3) is 0.324. The van der Waals surface area contributed by atoms with Crippen LogP contribution in [-0.2, 0) is 91.4 Å². The number of aliphatic hydroxyl groups excluding tert-OH is 1. The maximum atomic E-state index is 11.5. The third-order valence-electron chi connectivity index (χ3n) is 15.4. The van der Waals surface area contributed by atoms with Crippen molar-refractivity contribution in [2.75, 3.05) is 26.6 Å². The van der Waals surface area contributed by atoms with E-state index >= 15 is 0 Å². The lowest BCUT2D eigenvalue weighted by Crippen LogP contribution is -2.67. The van der Waals surface area contributed by atoms with Crippen molar-refractivity contribution in [2.24, 2.45) is 0 Å². The second kappa shape index (κ2) is 30.0. The van der Waals surface area contributed by atoms with Crippen LogP contribution in [0.5, 0.6) is 0 Å².